The molecule has 0 radical (unpaired) electrons. The predicted molar refractivity (Wildman–Crippen MR) is 72.9 cm³/mol. The Morgan fingerprint density at radius 3 is 2.63 bits per heavy atom. The lowest BCUT2D eigenvalue weighted by Gasteiger charge is -2.26. The van der Waals surface area contributed by atoms with Crippen molar-refractivity contribution in [1.82, 2.24) is 5.32 Å². The summed E-state index contributed by atoms with van der Waals surface area (Å²) in [5, 5.41) is 14.7. The molecule has 1 aliphatic carbocycles. The average Bonchev–Trinajstić information content (AvgIpc) is 2.38. The summed E-state index contributed by atoms with van der Waals surface area (Å²) >= 11 is 0. The second-order valence-electron chi connectivity index (χ2n) is 4.91. The van der Waals surface area contributed by atoms with Gasteiger partial charge in [0, 0.05) is 6.54 Å². The zero-order valence-corrected chi connectivity index (χ0v) is 10.7. The molecule has 102 valence electrons. The molecule has 1 saturated carbocycles. The number of amides is 1. The molecule has 5 nitrogen and oxygen atoms in total. The number of rotatable bonds is 5. The summed E-state index contributed by atoms with van der Waals surface area (Å²) in [5.41, 5.74) is 6.37. The Kier molecular flexibility index (Phi) is 4.39. The van der Waals surface area contributed by atoms with Crippen molar-refractivity contribution in [3.8, 4) is 0 Å². The number of nitrogens with zero attached hydrogens (tertiary/aromatic N) is 1. The van der Waals surface area contributed by atoms with E-state index in [4.69, 9.17) is 10.9 Å². The molecule has 1 aromatic carbocycles. The van der Waals surface area contributed by atoms with Gasteiger partial charge in [-0.25, -0.2) is 0 Å². The lowest BCUT2D eigenvalue weighted by molar-refractivity contribution is -0.121. The van der Waals surface area contributed by atoms with Crippen molar-refractivity contribution in [2.24, 2.45) is 16.8 Å². The van der Waals surface area contributed by atoms with Crippen molar-refractivity contribution in [3.05, 3.63) is 35.9 Å². The van der Waals surface area contributed by atoms with Crippen LogP contribution in [-0.4, -0.2) is 23.5 Å². The molecule has 0 aliphatic heterocycles. The van der Waals surface area contributed by atoms with Crippen LogP contribution in [0.3, 0.4) is 0 Å². The van der Waals surface area contributed by atoms with Gasteiger partial charge in [-0.3, -0.25) is 4.79 Å². The lowest BCUT2D eigenvalue weighted by Crippen LogP contribution is -2.40. The monoisotopic (exact) mass is 261 g/mol. The fourth-order valence-corrected chi connectivity index (χ4v) is 2.20. The first-order chi connectivity index (χ1) is 9.22. The first-order valence-corrected chi connectivity index (χ1v) is 6.52. The topological polar surface area (TPSA) is 87.7 Å². The fraction of sp³-hybridized carbons (Fsp3) is 0.429. The Hall–Kier alpha value is -2.04. The van der Waals surface area contributed by atoms with Gasteiger partial charge >= 0.3 is 0 Å². The second-order valence-corrected chi connectivity index (χ2v) is 4.91. The third-order valence-corrected chi connectivity index (χ3v) is 3.60. The molecule has 2 rings (SSSR count). The molecule has 19 heavy (non-hydrogen) atoms. The largest absolute Gasteiger partial charge is 0.409 e. The van der Waals surface area contributed by atoms with Crippen LogP contribution in [0, 0.1) is 5.92 Å². The molecule has 0 saturated heterocycles. The molecule has 0 aromatic heterocycles. The van der Waals surface area contributed by atoms with Gasteiger partial charge in [0.05, 0.1) is 0 Å². The Morgan fingerprint density at radius 2 is 2.11 bits per heavy atom. The van der Waals surface area contributed by atoms with Gasteiger partial charge in [0.25, 0.3) is 0 Å². The molecule has 1 aliphatic rings. The average molecular weight is 261 g/mol. The van der Waals surface area contributed by atoms with Crippen molar-refractivity contribution < 1.29 is 10.0 Å². The number of hydrogen-bond donors (Lipinski definition) is 3. The minimum atomic E-state index is -0.730. The molecule has 1 amide bonds. The molecule has 1 atom stereocenters. The Balaban J connectivity index is 2.06. The van der Waals surface area contributed by atoms with E-state index < -0.39 is 5.92 Å². The molecule has 0 bridgehead atoms. The predicted octanol–water partition coefficient (Wildman–Crippen LogP) is 1.43. The summed E-state index contributed by atoms with van der Waals surface area (Å²) in [7, 11) is 0. The van der Waals surface area contributed by atoms with Crippen LogP contribution < -0.4 is 11.1 Å². The molecule has 4 N–H and O–H groups in total. The molecule has 0 heterocycles. The van der Waals surface area contributed by atoms with Crippen molar-refractivity contribution >= 4 is 11.7 Å². The van der Waals surface area contributed by atoms with Crippen molar-refractivity contribution in [2.45, 2.75) is 25.2 Å². The summed E-state index contributed by atoms with van der Waals surface area (Å²) in [4.78, 5) is 12.2. The minimum Gasteiger partial charge on any atom is -0.409 e. The van der Waals surface area contributed by atoms with Crippen LogP contribution in [0.4, 0.5) is 0 Å². The van der Waals surface area contributed by atoms with Crippen molar-refractivity contribution in [3.63, 3.8) is 0 Å². The van der Waals surface area contributed by atoms with Crippen molar-refractivity contribution in [2.75, 3.05) is 6.54 Å². The van der Waals surface area contributed by atoms with Crippen LogP contribution in [0.1, 0.15) is 30.7 Å². The maximum Gasteiger partial charge on any atom is 0.235 e. The number of hydrogen-bond acceptors (Lipinski definition) is 3. The van der Waals surface area contributed by atoms with Crippen LogP contribution in [0.15, 0.2) is 35.5 Å². The molecule has 0 spiro atoms. The van der Waals surface area contributed by atoms with Crippen LogP contribution in [0.25, 0.3) is 0 Å². The van der Waals surface area contributed by atoms with Crippen LogP contribution in [0.2, 0.25) is 0 Å². The van der Waals surface area contributed by atoms with Crippen LogP contribution >= 0.6 is 0 Å². The molecule has 5 heteroatoms. The highest BCUT2D eigenvalue weighted by Crippen LogP contribution is 2.25. The normalized spacial score (nSPS) is 17.6. The number of carbonyl (C=O) groups excluding carboxylic acids is 1. The summed E-state index contributed by atoms with van der Waals surface area (Å²) in [5.74, 6) is -0.454. The van der Waals surface area contributed by atoms with Gasteiger partial charge in [0.1, 0.15) is 5.92 Å². The zero-order chi connectivity index (χ0) is 13.7. The molecular formula is C14H19N3O2. The highest BCUT2D eigenvalue weighted by atomic mass is 16.4. The van der Waals surface area contributed by atoms with Crippen molar-refractivity contribution in [1.29, 1.82) is 0 Å². The van der Waals surface area contributed by atoms with E-state index in [0.29, 0.717) is 12.5 Å². The quantitative estimate of drug-likeness (QED) is 0.324. The van der Waals surface area contributed by atoms with E-state index in [-0.39, 0.29) is 11.7 Å². The fourth-order valence-electron chi connectivity index (χ4n) is 2.20. The van der Waals surface area contributed by atoms with E-state index in [1.165, 1.54) is 19.3 Å². The van der Waals surface area contributed by atoms with Gasteiger partial charge in [-0.05, 0) is 24.3 Å². The maximum atomic E-state index is 12.2. The van der Waals surface area contributed by atoms with Gasteiger partial charge in [0.15, 0.2) is 5.84 Å². The number of carbonyl (C=O) groups is 1. The van der Waals surface area contributed by atoms with Gasteiger partial charge in [0.2, 0.25) is 5.91 Å². The summed E-state index contributed by atoms with van der Waals surface area (Å²) < 4.78 is 0. The number of nitrogens with one attached hydrogen (secondary N) is 1. The van der Waals surface area contributed by atoms with E-state index in [1.807, 2.05) is 18.2 Å². The smallest absolute Gasteiger partial charge is 0.235 e. The number of benzene rings is 1. The number of nitrogens with two attached hydrogens (primary N) is 1. The van der Waals surface area contributed by atoms with E-state index >= 15 is 0 Å². The SMILES string of the molecule is NC(=NO)C(C(=O)NCC1CCC1)c1ccccc1. The van der Waals surface area contributed by atoms with E-state index in [2.05, 4.69) is 10.5 Å². The first-order valence-electron chi connectivity index (χ1n) is 6.52. The van der Waals surface area contributed by atoms with Crippen LogP contribution in [0.5, 0.6) is 0 Å². The van der Waals surface area contributed by atoms with Crippen LogP contribution in [-0.2, 0) is 4.79 Å². The molecule has 1 fully saturated rings. The second kappa shape index (κ2) is 6.22. The lowest BCUT2D eigenvalue weighted by atomic mass is 9.85. The maximum absolute atomic E-state index is 12.2. The standard InChI is InChI=1S/C14H19N3O2/c15-13(17-19)12(11-7-2-1-3-8-11)14(18)16-9-10-5-4-6-10/h1-3,7-8,10,12,19H,4-6,9H2,(H2,15,17)(H,16,18). The molecular weight excluding hydrogens is 242 g/mol. The molecule has 1 unspecified atom stereocenters. The Bertz CT molecular complexity index is 455. The number of amidine groups is 1. The van der Waals surface area contributed by atoms with Gasteiger partial charge in [-0.1, -0.05) is 41.9 Å². The zero-order valence-electron chi connectivity index (χ0n) is 10.7. The van der Waals surface area contributed by atoms with E-state index in [9.17, 15) is 4.79 Å². The summed E-state index contributed by atoms with van der Waals surface area (Å²) in [6.45, 7) is 0.668. The van der Waals surface area contributed by atoms with Gasteiger partial charge in [-0.2, -0.15) is 0 Å². The summed E-state index contributed by atoms with van der Waals surface area (Å²) in [6.07, 6.45) is 3.57. The first kappa shape index (κ1) is 13.4. The van der Waals surface area contributed by atoms with E-state index in [1.54, 1.807) is 12.1 Å². The van der Waals surface area contributed by atoms with Gasteiger partial charge in [-0.15, -0.1) is 0 Å². The Morgan fingerprint density at radius 1 is 1.42 bits per heavy atom. The number of oxime groups is 1. The third-order valence-electron chi connectivity index (χ3n) is 3.60. The third kappa shape index (κ3) is 3.24. The minimum absolute atomic E-state index is 0.0858. The highest BCUT2D eigenvalue weighted by molar-refractivity contribution is 6.07. The molecule has 1 aromatic rings. The van der Waals surface area contributed by atoms with Gasteiger partial charge < -0.3 is 16.3 Å². The van der Waals surface area contributed by atoms with E-state index in [0.717, 1.165) is 5.56 Å². The Labute approximate surface area is 112 Å². The summed E-state index contributed by atoms with van der Waals surface area (Å²) in [6, 6.07) is 9.11. The highest BCUT2D eigenvalue weighted by Gasteiger charge is 2.26.